The number of rotatable bonds is 22. The minimum Gasteiger partial charge on any atom is -0.507 e. The van der Waals surface area contributed by atoms with Crippen LogP contribution >= 0.6 is 0 Å². The summed E-state index contributed by atoms with van der Waals surface area (Å²) in [6.07, 6.45) is 59.1. The van der Waals surface area contributed by atoms with Gasteiger partial charge in [-0.1, -0.05) is 280 Å². The highest BCUT2D eigenvalue weighted by Crippen LogP contribution is 2.56. The Morgan fingerprint density at radius 3 is 0.706 bits per heavy atom. The minimum absolute atomic E-state index is 0.100. The number of hydrogen-bond donors (Lipinski definition) is 4. The second-order valence-corrected chi connectivity index (χ2v) is 34.9. The normalized spacial score (nSPS) is 20.5. The van der Waals surface area contributed by atoms with E-state index >= 15 is 0 Å². The van der Waals surface area contributed by atoms with Gasteiger partial charge in [0, 0.05) is 10.8 Å². The number of unbranched alkanes of at least 4 members (excludes halogenated alkanes) is 1. The molecule has 8 aliphatic carbocycles. The molecule has 0 saturated heterocycles. The lowest BCUT2D eigenvalue weighted by Gasteiger charge is -2.39. The molecular formula is C98H136O4. The summed E-state index contributed by atoms with van der Waals surface area (Å²) in [5.41, 5.74) is 20.7. The van der Waals surface area contributed by atoms with Crippen molar-refractivity contribution >= 4 is 0 Å². The van der Waals surface area contributed by atoms with Gasteiger partial charge in [-0.05, 0) is 289 Å². The fourth-order valence-electron chi connectivity index (χ4n) is 22.9. The molecule has 0 bridgehead atoms. The van der Waals surface area contributed by atoms with Gasteiger partial charge in [0.1, 0.15) is 23.0 Å². The van der Waals surface area contributed by atoms with E-state index in [4.69, 9.17) is 0 Å². The van der Waals surface area contributed by atoms with E-state index < -0.39 is 0 Å². The molecule has 4 heteroatoms. The summed E-state index contributed by atoms with van der Waals surface area (Å²) >= 11 is 0. The van der Waals surface area contributed by atoms with E-state index in [9.17, 15) is 20.4 Å². The van der Waals surface area contributed by atoms with Crippen molar-refractivity contribution in [3.05, 3.63) is 164 Å². The minimum atomic E-state index is -0.196. The maximum atomic E-state index is 12.1. The average Bonchev–Trinajstić information content (AvgIpc) is 0.744. The van der Waals surface area contributed by atoms with Crippen molar-refractivity contribution in [2.45, 2.75) is 394 Å². The first kappa shape index (κ1) is 74.8. The third kappa shape index (κ3) is 16.4. The van der Waals surface area contributed by atoms with Gasteiger partial charge in [-0.3, -0.25) is 0 Å². The molecule has 0 heterocycles. The van der Waals surface area contributed by atoms with Gasteiger partial charge in [0.15, 0.2) is 0 Å². The van der Waals surface area contributed by atoms with Crippen molar-refractivity contribution < 1.29 is 20.4 Å². The summed E-state index contributed by atoms with van der Waals surface area (Å²) in [5.74, 6) is 6.22. The summed E-state index contributed by atoms with van der Waals surface area (Å²) < 4.78 is 0. The Bertz CT molecular complexity index is 3240. The topological polar surface area (TPSA) is 80.9 Å². The van der Waals surface area contributed by atoms with Gasteiger partial charge in [0.05, 0.1) is 0 Å². The zero-order valence-electron chi connectivity index (χ0n) is 64.6. The molecule has 8 aliphatic rings. The zero-order valence-corrected chi connectivity index (χ0v) is 64.6. The van der Waals surface area contributed by atoms with E-state index in [1.165, 1.54) is 359 Å². The van der Waals surface area contributed by atoms with Crippen LogP contribution in [0, 0.1) is 0 Å². The van der Waals surface area contributed by atoms with E-state index in [2.05, 4.69) is 125 Å². The molecule has 4 nitrogen and oxygen atoms in total. The lowest BCUT2D eigenvalue weighted by molar-refractivity contribution is 0.383. The van der Waals surface area contributed by atoms with Crippen LogP contribution in [0.5, 0.6) is 23.0 Å². The van der Waals surface area contributed by atoms with Gasteiger partial charge >= 0.3 is 0 Å². The SMILES string of the molecule is CCCC(CCC)(c1ccccc1-c1cc(C2CCCCC2)c(O)c(C2CCCCC2)c1)c1ccccc1-c1cc(C2CCCCC2)c(O)c(C2CCCCC2)c1.CCCCC(CC)(c1cc(C2CCCCC2)c(O)c(C2CCCCC2)c1)c1cc(C2CCCCC2)c(O)c(C2CCCCC2)c1. The van der Waals surface area contributed by atoms with Gasteiger partial charge in [0.25, 0.3) is 0 Å². The van der Waals surface area contributed by atoms with Crippen LogP contribution in [0.25, 0.3) is 22.3 Å². The van der Waals surface area contributed by atoms with Crippen molar-refractivity contribution in [3.63, 3.8) is 0 Å². The molecule has 0 amide bonds. The fourth-order valence-corrected chi connectivity index (χ4v) is 22.9. The van der Waals surface area contributed by atoms with Gasteiger partial charge < -0.3 is 20.4 Å². The molecular weight excluding hydrogens is 1240 g/mol. The summed E-state index contributed by atoms with van der Waals surface area (Å²) in [6, 6.07) is 38.6. The van der Waals surface area contributed by atoms with E-state index in [1.54, 1.807) is 0 Å². The number of hydrogen-bond acceptors (Lipinski definition) is 4. The van der Waals surface area contributed by atoms with E-state index in [1.807, 2.05) is 0 Å². The Kier molecular flexibility index (Phi) is 26.2. The Hall–Kier alpha value is -5.48. The summed E-state index contributed by atoms with van der Waals surface area (Å²) in [4.78, 5) is 0. The Labute approximate surface area is 619 Å². The zero-order chi connectivity index (χ0) is 70.4. The molecule has 0 aromatic heterocycles. The molecule has 102 heavy (non-hydrogen) atoms. The third-order valence-electron chi connectivity index (χ3n) is 28.6. The molecule has 14 rings (SSSR count). The van der Waals surface area contributed by atoms with Crippen LogP contribution < -0.4 is 0 Å². The first-order chi connectivity index (χ1) is 50.1. The predicted molar refractivity (Wildman–Crippen MR) is 431 cm³/mol. The van der Waals surface area contributed by atoms with Gasteiger partial charge in [-0.25, -0.2) is 0 Å². The quantitative estimate of drug-likeness (QED) is 0.0546. The molecule has 0 aliphatic heterocycles. The number of phenols is 4. The lowest BCUT2D eigenvalue weighted by Crippen LogP contribution is -2.29. The van der Waals surface area contributed by atoms with E-state index in [0.717, 1.165) is 38.5 Å². The third-order valence-corrected chi connectivity index (χ3v) is 28.6. The molecule has 552 valence electrons. The standard InChI is InChI=1S/C55H72O2.C43H64O2/c1-3-33-55(34-4-2,51-31-19-17-29-45(51)43-35-47(39-21-9-5-10-22-39)53(56)48(36-43)40-23-11-6-12-24-40)52-32-20-18-30-46(52)44-37-49(41-25-13-7-14-26-41)54(57)50(38-44)42-27-15-8-16-28-42;1-3-5-26-43(4-2,35-27-37(31-18-10-6-11-19-31)41(44)38(28-35)32-20-12-7-13-21-32)36-29-39(33-22-14-8-15-23-33)42(45)40(30-36)34-24-16-9-17-25-34/h17-20,29-32,35-42,56-57H,3-16,21-28,33-34H2,1-2H3;27-34,44-45H,3-26H2,1-2H3. The molecule has 0 spiro atoms. The average molecular weight is 1380 g/mol. The van der Waals surface area contributed by atoms with Gasteiger partial charge in [-0.15, -0.1) is 0 Å². The highest BCUT2D eigenvalue weighted by molar-refractivity contribution is 5.78. The van der Waals surface area contributed by atoms with Crippen molar-refractivity contribution in [3.8, 4) is 45.3 Å². The van der Waals surface area contributed by atoms with E-state index in [-0.39, 0.29) is 10.8 Å². The van der Waals surface area contributed by atoms with Crippen LogP contribution in [0.1, 0.15) is 450 Å². The molecule has 6 aromatic carbocycles. The number of phenolic OH excluding ortho intramolecular Hbond substituents is 4. The van der Waals surface area contributed by atoms with E-state index in [0.29, 0.717) is 70.3 Å². The molecule has 6 aromatic rings. The molecule has 0 unspecified atom stereocenters. The molecule has 0 atom stereocenters. The number of benzene rings is 6. The second kappa shape index (κ2) is 35.7. The largest absolute Gasteiger partial charge is 0.507 e. The van der Waals surface area contributed by atoms with Crippen molar-refractivity contribution in [1.29, 1.82) is 0 Å². The maximum absolute atomic E-state index is 12.1. The Morgan fingerprint density at radius 1 is 0.265 bits per heavy atom. The fraction of sp³-hybridized carbons (Fsp3) is 0.633. The van der Waals surface area contributed by atoms with Crippen LogP contribution in [0.3, 0.4) is 0 Å². The predicted octanol–water partition coefficient (Wildman–Crippen LogP) is 29.7. The smallest absolute Gasteiger partial charge is 0.122 e. The number of aromatic hydroxyl groups is 4. The van der Waals surface area contributed by atoms with Crippen molar-refractivity contribution in [2.75, 3.05) is 0 Å². The first-order valence-corrected chi connectivity index (χ1v) is 43.8. The molecule has 8 fully saturated rings. The van der Waals surface area contributed by atoms with Crippen LogP contribution in [0.4, 0.5) is 0 Å². The molecule has 0 radical (unpaired) electrons. The highest BCUT2D eigenvalue weighted by atomic mass is 16.3. The molecule has 4 N–H and O–H groups in total. The Balaban J connectivity index is 0.000000187. The molecule has 8 saturated carbocycles. The second-order valence-electron chi connectivity index (χ2n) is 34.9. The maximum Gasteiger partial charge on any atom is 0.122 e. The van der Waals surface area contributed by atoms with Crippen LogP contribution in [0.2, 0.25) is 0 Å². The lowest BCUT2D eigenvalue weighted by atomic mass is 9.64. The van der Waals surface area contributed by atoms with Crippen LogP contribution in [-0.2, 0) is 10.8 Å². The first-order valence-electron chi connectivity index (χ1n) is 43.8. The van der Waals surface area contributed by atoms with Crippen molar-refractivity contribution in [1.82, 2.24) is 0 Å². The van der Waals surface area contributed by atoms with Gasteiger partial charge in [0.2, 0.25) is 0 Å². The van der Waals surface area contributed by atoms with Crippen LogP contribution in [0.15, 0.2) is 97.1 Å². The van der Waals surface area contributed by atoms with Crippen molar-refractivity contribution in [2.24, 2.45) is 0 Å². The monoisotopic (exact) mass is 1380 g/mol. The Morgan fingerprint density at radius 2 is 0.490 bits per heavy atom. The highest BCUT2D eigenvalue weighted by Gasteiger charge is 2.41. The summed E-state index contributed by atoms with van der Waals surface area (Å²) in [6.45, 7) is 9.52. The van der Waals surface area contributed by atoms with Crippen LogP contribution in [-0.4, -0.2) is 20.4 Å². The summed E-state index contributed by atoms with van der Waals surface area (Å²) in [5, 5.41) is 48.3. The summed E-state index contributed by atoms with van der Waals surface area (Å²) in [7, 11) is 0. The van der Waals surface area contributed by atoms with Gasteiger partial charge in [-0.2, -0.15) is 0 Å².